The summed E-state index contributed by atoms with van der Waals surface area (Å²) in [6.07, 6.45) is 0.770. The highest BCUT2D eigenvalue weighted by molar-refractivity contribution is 5.73. The highest BCUT2D eigenvalue weighted by atomic mass is 15.4. The molecule has 4 N–H and O–H groups in total. The predicted octanol–water partition coefficient (Wildman–Crippen LogP) is 1.72. The number of hydrogen-bond acceptors (Lipinski definition) is 3. The minimum Gasteiger partial charge on any atom is -0.382 e. The Bertz CT molecular complexity index is 514. The van der Waals surface area contributed by atoms with E-state index in [1.54, 1.807) is 0 Å². The van der Waals surface area contributed by atoms with E-state index in [2.05, 4.69) is 4.98 Å². The fourth-order valence-electron chi connectivity index (χ4n) is 1.78. The summed E-state index contributed by atoms with van der Waals surface area (Å²) in [5.41, 5.74) is 8.92. The second-order valence-corrected chi connectivity index (χ2v) is 3.80. The predicted molar refractivity (Wildman–Crippen MR) is 66.3 cm³/mol. The molecule has 0 radical (unpaired) electrons. The maximum Gasteiger partial charge on any atom is 0.150 e. The maximum atomic E-state index is 5.96. The number of nitrogens with zero attached hydrogens (tertiary/aromatic N) is 2. The Balaban J connectivity index is 2.61. The monoisotopic (exact) mass is 216 g/mol. The molecule has 4 nitrogen and oxygen atoms in total. The number of nitrogens with two attached hydrogens (primary N) is 2. The van der Waals surface area contributed by atoms with Crippen LogP contribution in [0.25, 0.3) is 11.3 Å². The van der Waals surface area contributed by atoms with Crippen LogP contribution in [0.3, 0.4) is 0 Å². The standard InChI is InChI=1S/C12H16N4/c1-3-10-15-11(12(13)16(10)14)9-7-5-4-6-8(9)2/h4-7H,3,13-14H2,1-2H3. The molecule has 1 aromatic carbocycles. The first-order chi connectivity index (χ1) is 7.65. The molecule has 0 amide bonds. The zero-order valence-corrected chi connectivity index (χ0v) is 9.57. The van der Waals surface area contributed by atoms with Crippen LogP contribution in [0.5, 0.6) is 0 Å². The minimum absolute atomic E-state index is 0.520. The average molecular weight is 216 g/mol. The van der Waals surface area contributed by atoms with Gasteiger partial charge in [0.1, 0.15) is 11.5 Å². The summed E-state index contributed by atoms with van der Waals surface area (Å²) in [4.78, 5) is 4.47. The molecule has 2 aromatic rings. The van der Waals surface area contributed by atoms with E-state index < -0.39 is 0 Å². The fraction of sp³-hybridized carbons (Fsp3) is 0.250. The molecule has 0 atom stereocenters. The van der Waals surface area contributed by atoms with Gasteiger partial charge in [0.2, 0.25) is 0 Å². The number of imidazole rings is 1. The molecule has 4 heteroatoms. The van der Waals surface area contributed by atoms with Crippen molar-refractivity contribution in [1.29, 1.82) is 0 Å². The van der Waals surface area contributed by atoms with Crippen molar-refractivity contribution in [3.05, 3.63) is 35.7 Å². The third-order valence-electron chi connectivity index (χ3n) is 2.74. The van der Waals surface area contributed by atoms with Crippen LogP contribution in [0.4, 0.5) is 5.82 Å². The van der Waals surface area contributed by atoms with Crippen LogP contribution in [0.2, 0.25) is 0 Å². The third kappa shape index (κ3) is 1.52. The summed E-state index contributed by atoms with van der Waals surface area (Å²) in [6, 6.07) is 8.02. The Morgan fingerprint density at radius 2 is 2.00 bits per heavy atom. The minimum atomic E-state index is 0.520. The van der Waals surface area contributed by atoms with Gasteiger partial charge < -0.3 is 11.6 Å². The molecule has 0 saturated carbocycles. The zero-order chi connectivity index (χ0) is 11.7. The second-order valence-electron chi connectivity index (χ2n) is 3.80. The van der Waals surface area contributed by atoms with Crippen molar-refractivity contribution in [2.24, 2.45) is 0 Å². The van der Waals surface area contributed by atoms with E-state index in [4.69, 9.17) is 11.6 Å². The molecule has 0 aliphatic heterocycles. The summed E-state index contributed by atoms with van der Waals surface area (Å²) in [5.74, 6) is 7.15. The number of aromatic nitrogens is 2. The lowest BCUT2D eigenvalue weighted by molar-refractivity contribution is 0.865. The number of nitrogen functional groups attached to an aromatic ring is 2. The summed E-state index contributed by atoms with van der Waals surface area (Å²) in [7, 11) is 0. The van der Waals surface area contributed by atoms with Crippen LogP contribution in [0, 0.1) is 6.92 Å². The Hall–Kier alpha value is -1.97. The van der Waals surface area contributed by atoms with Gasteiger partial charge in [0, 0.05) is 12.0 Å². The van der Waals surface area contributed by atoms with Crippen LogP contribution in [0.1, 0.15) is 18.3 Å². The molecule has 16 heavy (non-hydrogen) atoms. The Kier molecular flexibility index (Phi) is 2.56. The molecule has 0 aliphatic carbocycles. The van der Waals surface area contributed by atoms with E-state index >= 15 is 0 Å². The van der Waals surface area contributed by atoms with Crippen molar-refractivity contribution in [2.75, 3.05) is 11.6 Å². The lowest BCUT2D eigenvalue weighted by Crippen LogP contribution is -2.14. The SMILES string of the molecule is CCc1nc(-c2ccccc2C)c(N)n1N. The van der Waals surface area contributed by atoms with Gasteiger partial charge in [-0.25, -0.2) is 9.66 Å². The first-order valence-corrected chi connectivity index (χ1v) is 5.33. The van der Waals surface area contributed by atoms with Gasteiger partial charge in [-0.3, -0.25) is 0 Å². The Labute approximate surface area is 94.9 Å². The molecule has 0 saturated heterocycles. The second kappa shape index (κ2) is 3.89. The van der Waals surface area contributed by atoms with E-state index in [1.165, 1.54) is 4.68 Å². The number of aryl methyl sites for hydroxylation is 2. The van der Waals surface area contributed by atoms with Crippen LogP contribution < -0.4 is 11.6 Å². The molecule has 0 bridgehead atoms. The van der Waals surface area contributed by atoms with Crippen molar-refractivity contribution in [3.8, 4) is 11.3 Å². The first-order valence-electron chi connectivity index (χ1n) is 5.33. The molecule has 1 heterocycles. The van der Waals surface area contributed by atoms with E-state index in [-0.39, 0.29) is 0 Å². The lowest BCUT2D eigenvalue weighted by Gasteiger charge is -2.03. The molecule has 1 aromatic heterocycles. The summed E-state index contributed by atoms with van der Waals surface area (Å²) in [6.45, 7) is 4.04. The molecule has 0 unspecified atom stereocenters. The van der Waals surface area contributed by atoms with E-state index in [0.29, 0.717) is 5.82 Å². The summed E-state index contributed by atoms with van der Waals surface area (Å²) in [5, 5.41) is 0. The first kappa shape index (κ1) is 10.5. The number of hydrogen-bond donors (Lipinski definition) is 2. The number of benzene rings is 1. The van der Waals surface area contributed by atoms with Crippen molar-refractivity contribution in [2.45, 2.75) is 20.3 Å². The smallest absolute Gasteiger partial charge is 0.150 e. The van der Waals surface area contributed by atoms with E-state index in [1.807, 2.05) is 38.1 Å². The normalized spacial score (nSPS) is 10.6. The molecular formula is C12H16N4. The van der Waals surface area contributed by atoms with Gasteiger partial charge in [-0.05, 0) is 12.5 Å². The van der Waals surface area contributed by atoms with Crippen LogP contribution in [-0.4, -0.2) is 9.66 Å². The van der Waals surface area contributed by atoms with E-state index in [0.717, 1.165) is 29.1 Å². The summed E-state index contributed by atoms with van der Waals surface area (Å²) < 4.78 is 1.46. The van der Waals surface area contributed by atoms with Gasteiger partial charge in [-0.1, -0.05) is 31.2 Å². The maximum absolute atomic E-state index is 5.96. The molecular weight excluding hydrogens is 200 g/mol. The van der Waals surface area contributed by atoms with Crippen molar-refractivity contribution >= 4 is 5.82 Å². The third-order valence-corrected chi connectivity index (χ3v) is 2.74. The van der Waals surface area contributed by atoms with Gasteiger partial charge in [0.25, 0.3) is 0 Å². The quantitative estimate of drug-likeness (QED) is 0.751. The molecule has 0 aliphatic rings. The molecule has 0 fully saturated rings. The van der Waals surface area contributed by atoms with Crippen LogP contribution in [0.15, 0.2) is 24.3 Å². The highest BCUT2D eigenvalue weighted by Crippen LogP contribution is 2.27. The zero-order valence-electron chi connectivity index (χ0n) is 9.57. The van der Waals surface area contributed by atoms with Gasteiger partial charge in [0.05, 0.1) is 0 Å². The van der Waals surface area contributed by atoms with Gasteiger partial charge in [-0.2, -0.15) is 0 Å². The topological polar surface area (TPSA) is 69.9 Å². The number of rotatable bonds is 2. The molecule has 2 rings (SSSR count). The lowest BCUT2D eigenvalue weighted by atomic mass is 10.1. The van der Waals surface area contributed by atoms with Crippen molar-refractivity contribution < 1.29 is 0 Å². The molecule has 84 valence electrons. The Morgan fingerprint density at radius 3 is 2.56 bits per heavy atom. The van der Waals surface area contributed by atoms with Gasteiger partial charge in [0.15, 0.2) is 5.82 Å². The molecule has 0 spiro atoms. The average Bonchev–Trinajstić information content (AvgIpc) is 2.57. The van der Waals surface area contributed by atoms with Crippen LogP contribution >= 0.6 is 0 Å². The van der Waals surface area contributed by atoms with Gasteiger partial charge >= 0.3 is 0 Å². The Morgan fingerprint density at radius 1 is 1.31 bits per heavy atom. The van der Waals surface area contributed by atoms with E-state index in [9.17, 15) is 0 Å². The number of anilines is 1. The van der Waals surface area contributed by atoms with Crippen LogP contribution in [-0.2, 0) is 6.42 Å². The highest BCUT2D eigenvalue weighted by Gasteiger charge is 2.14. The van der Waals surface area contributed by atoms with Crippen molar-refractivity contribution in [3.63, 3.8) is 0 Å². The largest absolute Gasteiger partial charge is 0.382 e. The summed E-state index contributed by atoms with van der Waals surface area (Å²) >= 11 is 0. The fourth-order valence-corrected chi connectivity index (χ4v) is 1.78. The van der Waals surface area contributed by atoms with Crippen molar-refractivity contribution in [1.82, 2.24) is 9.66 Å². The van der Waals surface area contributed by atoms with Gasteiger partial charge in [-0.15, -0.1) is 0 Å².